The SMILES string of the molecule is C=C1NC(=O)N[C@@H](c2cccc3ccccc23)[C@H]1C(=O)Nc1ccc(C)cc1. The monoisotopic (exact) mass is 371 g/mol. The predicted octanol–water partition coefficient (Wildman–Crippen LogP) is 4.27. The van der Waals surface area contributed by atoms with Crippen LogP contribution in [0.5, 0.6) is 0 Å². The zero-order valence-corrected chi connectivity index (χ0v) is 15.5. The summed E-state index contributed by atoms with van der Waals surface area (Å²) in [5.41, 5.74) is 3.09. The number of fused-ring (bicyclic) bond motifs is 1. The maximum Gasteiger partial charge on any atom is 0.319 e. The summed E-state index contributed by atoms with van der Waals surface area (Å²) in [6.45, 7) is 5.94. The quantitative estimate of drug-likeness (QED) is 0.643. The minimum Gasteiger partial charge on any atom is -0.330 e. The van der Waals surface area contributed by atoms with Crippen molar-refractivity contribution in [2.75, 3.05) is 5.32 Å². The second-order valence-electron chi connectivity index (χ2n) is 7.00. The molecule has 1 saturated heterocycles. The molecule has 1 aliphatic heterocycles. The third-order valence-electron chi connectivity index (χ3n) is 5.03. The topological polar surface area (TPSA) is 70.2 Å². The van der Waals surface area contributed by atoms with Gasteiger partial charge < -0.3 is 16.0 Å². The molecule has 1 fully saturated rings. The van der Waals surface area contributed by atoms with Crippen LogP contribution in [0.25, 0.3) is 10.8 Å². The highest BCUT2D eigenvalue weighted by Gasteiger charge is 2.38. The number of benzene rings is 3. The molecule has 28 heavy (non-hydrogen) atoms. The van der Waals surface area contributed by atoms with Crippen molar-refractivity contribution in [1.29, 1.82) is 0 Å². The van der Waals surface area contributed by atoms with Crippen molar-refractivity contribution >= 4 is 28.4 Å². The van der Waals surface area contributed by atoms with E-state index in [1.807, 2.05) is 73.7 Å². The minimum absolute atomic E-state index is 0.223. The Balaban J connectivity index is 1.72. The summed E-state index contributed by atoms with van der Waals surface area (Å²) in [7, 11) is 0. The van der Waals surface area contributed by atoms with E-state index in [0.29, 0.717) is 11.4 Å². The molecule has 0 unspecified atom stereocenters. The molecule has 0 saturated carbocycles. The average Bonchev–Trinajstić information content (AvgIpc) is 2.68. The lowest BCUT2D eigenvalue weighted by atomic mass is 9.86. The Bertz CT molecular complexity index is 1070. The molecule has 1 aliphatic rings. The molecule has 3 aromatic rings. The van der Waals surface area contributed by atoms with Crippen LogP contribution in [0.3, 0.4) is 0 Å². The van der Waals surface area contributed by atoms with Crippen LogP contribution in [-0.4, -0.2) is 11.9 Å². The van der Waals surface area contributed by atoms with Gasteiger partial charge in [-0.05, 0) is 35.4 Å². The molecule has 5 nitrogen and oxygen atoms in total. The smallest absolute Gasteiger partial charge is 0.319 e. The average molecular weight is 371 g/mol. The summed E-state index contributed by atoms with van der Waals surface area (Å²) in [5, 5.41) is 10.5. The predicted molar refractivity (Wildman–Crippen MR) is 111 cm³/mol. The van der Waals surface area contributed by atoms with Crippen molar-refractivity contribution < 1.29 is 9.59 Å². The highest BCUT2D eigenvalue weighted by Crippen LogP contribution is 2.34. The number of amides is 3. The summed E-state index contributed by atoms with van der Waals surface area (Å²) >= 11 is 0. The summed E-state index contributed by atoms with van der Waals surface area (Å²) in [6.07, 6.45) is 0. The van der Waals surface area contributed by atoms with Gasteiger partial charge in [0.2, 0.25) is 5.91 Å². The Labute approximate surface area is 163 Å². The minimum atomic E-state index is -0.648. The van der Waals surface area contributed by atoms with Gasteiger partial charge in [-0.25, -0.2) is 4.79 Å². The summed E-state index contributed by atoms with van der Waals surface area (Å²) in [6, 6.07) is 20.5. The largest absolute Gasteiger partial charge is 0.330 e. The fourth-order valence-corrected chi connectivity index (χ4v) is 3.63. The zero-order chi connectivity index (χ0) is 19.7. The van der Waals surface area contributed by atoms with Crippen LogP contribution in [0, 0.1) is 12.8 Å². The van der Waals surface area contributed by atoms with E-state index in [0.717, 1.165) is 21.9 Å². The van der Waals surface area contributed by atoms with Crippen molar-refractivity contribution in [3.05, 3.63) is 90.1 Å². The standard InChI is InChI=1S/C23H21N3O2/c1-14-10-12-17(13-11-14)25-22(27)20-15(2)24-23(28)26-21(20)19-9-5-7-16-6-3-4-8-18(16)19/h3-13,20-21H,2H2,1H3,(H,25,27)(H2,24,26,28)/t20-,21-/m0/s1. The molecule has 3 amide bonds. The van der Waals surface area contributed by atoms with Crippen LogP contribution >= 0.6 is 0 Å². The van der Waals surface area contributed by atoms with Gasteiger partial charge >= 0.3 is 6.03 Å². The van der Waals surface area contributed by atoms with E-state index >= 15 is 0 Å². The first-order valence-corrected chi connectivity index (χ1v) is 9.14. The van der Waals surface area contributed by atoms with Crippen LogP contribution in [0.1, 0.15) is 17.2 Å². The number of carbonyl (C=O) groups excluding carboxylic acids is 2. The fourth-order valence-electron chi connectivity index (χ4n) is 3.63. The van der Waals surface area contributed by atoms with Crippen LogP contribution in [0.15, 0.2) is 79.0 Å². The highest BCUT2D eigenvalue weighted by atomic mass is 16.2. The lowest BCUT2D eigenvalue weighted by Crippen LogP contribution is -2.51. The molecular weight excluding hydrogens is 350 g/mol. The van der Waals surface area contributed by atoms with E-state index in [-0.39, 0.29) is 11.9 Å². The third kappa shape index (κ3) is 3.34. The second-order valence-corrected chi connectivity index (χ2v) is 7.00. The van der Waals surface area contributed by atoms with E-state index in [9.17, 15) is 9.59 Å². The summed E-state index contributed by atoms with van der Waals surface area (Å²) in [4.78, 5) is 25.3. The molecule has 5 heteroatoms. The van der Waals surface area contributed by atoms with E-state index in [1.54, 1.807) is 0 Å². The number of hydrogen-bond donors (Lipinski definition) is 3. The molecule has 1 heterocycles. The zero-order valence-electron chi connectivity index (χ0n) is 15.5. The van der Waals surface area contributed by atoms with Crippen LogP contribution in [0.2, 0.25) is 0 Å². The maximum absolute atomic E-state index is 13.1. The van der Waals surface area contributed by atoms with E-state index < -0.39 is 12.0 Å². The van der Waals surface area contributed by atoms with Gasteiger partial charge in [-0.1, -0.05) is 66.7 Å². The van der Waals surface area contributed by atoms with Gasteiger partial charge in [-0.2, -0.15) is 0 Å². The molecule has 4 rings (SSSR count). The fraction of sp³-hybridized carbons (Fsp3) is 0.130. The number of rotatable bonds is 3. The molecule has 3 N–H and O–H groups in total. The van der Waals surface area contributed by atoms with Crippen molar-refractivity contribution in [3.63, 3.8) is 0 Å². The van der Waals surface area contributed by atoms with E-state index in [4.69, 9.17) is 0 Å². The maximum atomic E-state index is 13.1. The molecule has 0 radical (unpaired) electrons. The van der Waals surface area contributed by atoms with Crippen LogP contribution in [0.4, 0.5) is 10.5 Å². The molecule has 3 aromatic carbocycles. The molecule has 2 atom stereocenters. The molecule has 0 aromatic heterocycles. The third-order valence-corrected chi connectivity index (χ3v) is 5.03. The molecule has 140 valence electrons. The van der Waals surface area contributed by atoms with Gasteiger partial charge in [0.1, 0.15) is 5.92 Å². The van der Waals surface area contributed by atoms with Gasteiger partial charge in [-0.15, -0.1) is 0 Å². The number of aryl methyl sites for hydroxylation is 1. The van der Waals surface area contributed by atoms with Gasteiger partial charge in [0.05, 0.1) is 6.04 Å². The summed E-state index contributed by atoms with van der Waals surface area (Å²) < 4.78 is 0. The molecular formula is C23H21N3O2. The summed E-state index contributed by atoms with van der Waals surface area (Å²) in [5.74, 6) is -0.871. The first kappa shape index (κ1) is 17.8. The normalized spacial score (nSPS) is 19.0. The van der Waals surface area contributed by atoms with E-state index in [1.165, 1.54) is 0 Å². The number of hydrogen-bond acceptors (Lipinski definition) is 2. The Morgan fingerprint density at radius 3 is 2.50 bits per heavy atom. The molecule has 0 bridgehead atoms. The second kappa shape index (κ2) is 7.19. The first-order chi connectivity index (χ1) is 13.5. The lowest BCUT2D eigenvalue weighted by Gasteiger charge is -2.34. The molecule has 0 spiro atoms. The van der Waals surface area contributed by atoms with Crippen molar-refractivity contribution in [3.8, 4) is 0 Å². The number of anilines is 1. The van der Waals surface area contributed by atoms with Crippen molar-refractivity contribution in [1.82, 2.24) is 10.6 Å². The lowest BCUT2D eigenvalue weighted by molar-refractivity contribution is -0.119. The van der Waals surface area contributed by atoms with Gasteiger partial charge in [0.25, 0.3) is 0 Å². The highest BCUT2D eigenvalue weighted by molar-refractivity contribution is 5.98. The first-order valence-electron chi connectivity index (χ1n) is 9.14. The number of carbonyl (C=O) groups is 2. The van der Waals surface area contributed by atoms with Crippen molar-refractivity contribution in [2.24, 2.45) is 5.92 Å². The Morgan fingerprint density at radius 2 is 1.71 bits per heavy atom. The molecule has 0 aliphatic carbocycles. The Morgan fingerprint density at radius 1 is 1.00 bits per heavy atom. The Hall–Kier alpha value is -3.60. The Kier molecular flexibility index (Phi) is 4.57. The van der Waals surface area contributed by atoms with Crippen LogP contribution in [-0.2, 0) is 4.79 Å². The number of urea groups is 1. The van der Waals surface area contributed by atoms with Crippen LogP contribution < -0.4 is 16.0 Å². The van der Waals surface area contributed by atoms with Gasteiger partial charge in [0.15, 0.2) is 0 Å². The number of nitrogens with one attached hydrogen (secondary N) is 3. The van der Waals surface area contributed by atoms with E-state index in [2.05, 4.69) is 22.5 Å². The van der Waals surface area contributed by atoms with Crippen molar-refractivity contribution in [2.45, 2.75) is 13.0 Å². The van der Waals surface area contributed by atoms with Gasteiger partial charge in [0, 0.05) is 11.4 Å². The van der Waals surface area contributed by atoms with Gasteiger partial charge in [-0.3, -0.25) is 4.79 Å².